The quantitative estimate of drug-likeness (QED) is 0.415. The number of rotatable bonds is 8. The SMILES string of the molecule is CC(C)c1ccc(OCc2nnc(SCC(=O)Nc3cc(F)cc(F)c3)n2N)cc1. The van der Waals surface area contributed by atoms with Gasteiger partial charge in [0, 0.05) is 11.8 Å². The first-order valence-corrected chi connectivity index (χ1v) is 10.1. The van der Waals surface area contributed by atoms with E-state index in [0.29, 0.717) is 22.6 Å². The molecule has 0 aliphatic rings. The fourth-order valence-corrected chi connectivity index (χ4v) is 3.23. The van der Waals surface area contributed by atoms with Crippen molar-refractivity contribution in [1.29, 1.82) is 0 Å². The van der Waals surface area contributed by atoms with E-state index in [1.165, 1.54) is 10.2 Å². The van der Waals surface area contributed by atoms with Crippen LogP contribution in [-0.4, -0.2) is 26.5 Å². The van der Waals surface area contributed by atoms with Gasteiger partial charge in [-0.1, -0.05) is 37.7 Å². The summed E-state index contributed by atoms with van der Waals surface area (Å²) in [6.45, 7) is 4.34. The number of nitrogens with one attached hydrogen (secondary N) is 1. The Hall–Kier alpha value is -3.14. The highest BCUT2D eigenvalue weighted by Crippen LogP contribution is 2.20. The van der Waals surface area contributed by atoms with Crippen LogP contribution in [0, 0.1) is 11.6 Å². The first-order valence-electron chi connectivity index (χ1n) is 9.12. The van der Waals surface area contributed by atoms with Crippen LogP contribution in [0.3, 0.4) is 0 Å². The van der Waals surface area contributed by atoms with Crippen molar-refractivity contribution in [3.63, 3.8) is 0 Å². The molecule has 3 aromatic rings. The van der Waals surface area contributed by atoms with Gasteiger partial charge in [0.1, 0.15) is 24.0 Å². The smallest absolute Gasteiger partial charge is 0.234 e. The average molecular weight is 433 g/mol. The molecule has 0 aliphatic heterocycles. The predicted molar refractivity (Wildman–Crippen MR) is 111 cm³/mol. The molecule has 0 saturated heterocycles. The Morgan fingerprint density at radius 2 is 1.83 bits per heavy atom. The highest BCUT2D eigenvalue weighted by atomic mass is 32.2. The summed E-state index contributed by atoms with van der Waals surface area (Å²) in [5.41, 5.74) is 1.24. The fraction of sp³-hybridized carbons (Fsp3) is 0.250. The van der Waals surface area contributed by atoms with E-state index in [4.69, 9.17) is 10.6 Å². The van der Waals surface area contributed by atoms with E-state index in [9.17, 15) is 13.6 Å². The van der Waals surface area contributed by atoms with Crippen LogP contribution in [0.2, 0.25) is 0 Å². The second-order valence-electron chi connectivity index (χ2n) is 6.78. The number of aromatic nitrogens is 3. The van der Waals surface area contributed by atoms with Gasteiger partial charge in [-0.15, -0.1) is 10.2 Å². The van der Waals surface area contributed by atoms with Crippen LogP contribution in [0.15, 0.2) is 47.6 Å². The highest BCUT2D eigenvalue weighted by molar-refractivity contribution is 7.99. The Bertz CT molecular complexity index is 1000. The van der Waals surface area contributed by atoms with Crippen LogP contribution in [0.5, 0.6) is 5.75 Å². The zero-order chi connectivity index (χ0) is 21.7. The molecule has 0 aliphatic carbocycles. The average Bonchev–Trinajstić information content (AvgIpc) is 3.04. The topological polar surface area (TPSA) is 95.1 Å². The van der Waals surface area contributed by atoms with Crippen LogP contribution >= 0.6 is 11.8 Å². The summed E-state index contributed by atoms with van der Waals surface area (Å²) >= 11 is 1.04. The number of nitrogens with two attached hydrogens (primary N) is 1. The van der Waals surface area contributed by atoms with Crippen LogP contribution < -0.4 is 15.9 Å². The lowest BCUT2D eigenvalue weighted by Crippen LogP contribution is -2.18. The van der Waals surface area contributed by atoms with Gasteiger partial charge in [-0.05, 0) is 35.7 Å². The van der Waals surface area contributed by atoms with Gasteiger partial charge >= 0.3 is 0 Å². The molecular weight excluding hydrogens is 412 g/mol. The molecule has 0 saturated carbocycles. The number of halogens is 2. The number of benzene rings is 2. The minimum atomic E-state index is -0.775. The second-order valence-corrected chi connectivity index (χ2v) is 7.72. The second kappa shape index (κ2) is 9.57. The van der Waals surface area contributed by atoms with E-state index in [2.05, 4.69) is 29.4 Å². The summed E-state index contributed by atoms with van der Waals surface area (Å²) in [5.74, 6) is 5.39. The molecule has 0 atom stereocenters. The van der Waals surface area contributed by atoms with Gasteiger partial charge in [-0.2, -0.15) is 0 Å². The Balaban J connectivity index is 1.52. The lowest BCUT2D eigenvalue weighted by atomic mass is 10.0. The Morgan fingerprint density at radius 3 is 2.47 bits per heavy atom. The molecule has 0 fully saturated rings. The summed E-state index contributed by atoms with van der Waals surface area (Å²) in [7, 11) is 0. The van der Waals surface area contributed by atoms with Crippen molar-refractivity contribution in [2.24, 2.45) is 0 Å². The number of thioether (sulfide) groups is 1. The van der Waals surface area contributed by atoms with Crippen molar-refractivity contribution in [1.82, 2.24) is 14.9 Å². The molecule has 0 radical (unpaired) electrons. The molecule has 30 heavy (non-hydrogen) atoms. The first-order chi connectivity index (χ1) is 14.3. The van der Waals surface area contributed by atoms with E-state index in [1.807, 2.05) is 24.3 Å². The van der Waals surface area contributed by atoms with Crippen molar-refractivity contribution >= 4 is 23.4 Å². The number of ether oxygens (including phenoxy) is 1. The molecule has 3 rings (SSSR count). The van der Waals surface area contributed by atoms with Gasteiger partial charge in [0.05, 0.1) is 5.75 Å². The molecule has 1 aromatic heterocycles. The summed E-state index contributed by atoms with van der Waals surface area (Å²) < 4.78 is 33.3. The lowest BCUT2D eigenvalue weighted by molar-refractivity contribution is -0.113. The number of carbonyl (C=O) groups excluding carboxylic acids is 1. The molecule has 158 valence electrons. The third-order valence-electron chi connectivity index (χ3n) is 4.13. The fourth-order valence-electron chi connectivity index (χ4n) is 2.55. The van der Waals surface area contributed by atoms with Gasteiger partial charge < -0.3 is 15.9 Å². The Kier molecular flexibility index (Phi) is 6.88. The van der Waals surface area contributed by atoms with Gasteiger partial charge in [-0.3, -0.25) is 4.79 Å². The van der Waals surface area contributed by atoms with E-state index in [1.54, 1.807) is 0 Å². The molecule has 10 heteroatoms. The maximum Gasteiger partial charge on any atom is 0.234 e. The van der Waals surface area contributed by atoms with Gasteiger partial charge in [0.2, 0.25) is 11.1 Å². The summed E-state index contributed by atoms with van der Waals surface area (Å²) in [6.07, 6.45) is 0. The molecule has 2 aromatic carbocycles. The number of nitrogen functional groups attached to an aromatic ring is 1. The van der Waals surface area contributed by atoms with Crippen LogP contribution in [0.25, 0.3) is 0 Å². The molecule has 1 heterocycles. The largest absolute Gasteiger partial charge is 0.486 e. The van der Waals surface area contributed by atoms with Gasteiger partial charge in [0.15, 0.2) is 5.82 Å². The van der Waals surface area contributed by atoms with Crippen molar-refractivity contribution in [3.05, 3.63) is 65.5 Å². The number of hydrogen-bond acceptors (Lipinski definition) is 6. The predicted octanol–water partition coefficient (Wildman–Crippen LogP) is 3.70. The highest BCUT2D eigenvalue weighted by Gasteiger charge is 2.14. The number of carbonyl (C=O) groups is 1. The molecule has 7 nitrogen and oxygen atoms in total. The molecule has 0 spiro atoms. The normalized spacial score (nSPS) is 11.0. The van der Waals surface area contributed by atoms with Crippen molar-refractivity contribution < 1.29 is 18.3 Å². The third kappa shape index (κ3) is 5.69. The van der Waals surface area contributed by atoms with E-state index < -0.39 is 17.5 Å². The van der Waals surface area contributed by atoms with Gasteiger partial charge in [-0.25, -0.2) is 13.5 Å². The van der Waals surface area contributed by atoms with Gasteiger partial charge in [0.25, 0.3) is 0 Å². The summed E-state index contributed by atoms with van der Waals surface area (Å²) in [4.78, 5) is 12.0. The maximum absolute atomic E-state index is 13.2. The number of hydrogen-bond donors (Lipinski definition) is 2. The summed E-state index contributed by atoms with van der Waals surface area (Å²) in [5, 5.41) is 10.6. The number of amides is 1. The standard InChI is InChI=1S/C20H21F2N5O2S/c1-12(2)13-3-5-17(6-4-13)29-10-18-25-26-20(27(18)23)30-11-19(28)24-16-8-14(21)7-15(22)9-16/h3-9,12H,10-11,23H2,1-2H3,(H,24,28). The monoisotopic (exact) mass is 433 g/mol. The molecule has 1 amide bonds. The number of anilines is 1. The molecular formula is C20H21F2N5O2S. The molecule has 3 N–H and O–H groups in total. The summed E-state index contributed by atoms with van der Waals surface area (Å²) in [6, 6.07) is 10.5. The Labute approximate surface area is 176 Å². The zero-order valence-electron chi connectivity index (χ0n) is 16.4. The number of nitrogens with zero attached hydrogens (tertiary/aromatic N) is 3. The van der Waals surface area contributed by atoms with Crippen LogP contribution in [0.1, 0.15) is 31.2 Å². The zero-order valence-corrected chi connectivity index (χ0v) is 17.2. The van der Waals surface area contributed by atoms with Crippen molar-refractivity contribution in [2.45, 2.75) is 31.5 Å². The minimum Gasteiger partial charge on any atom is -0.486 e. The van der Waals surface area contributed by atoms with Crippen molar-refractivity contribution in [2.75, 3.05) is 16.9 Å². The van der Waals surface area contributed by atoms with Crippen molar-refractivity contribution in [3.8, 4) is 5.75 Å². The molecule has 0 unspecified atom stereocenters. The maximum atomic E-state index is 13.2. The van der Waals surface area contributed by atoms with E-state index in [-0.39, 0.29) is 18.0 Å². The first kappa shape index (κ1) is 21.6. The minimum absolute atomic E-state index is 0.0323. The lowest BCUT2D eigenvalue weighted by Gasteiger charge is -2.09. The third-order valence-corrected chi connectivity index (χ3v) is 5.07. The van der Waals surface area contributed by atoms with Crippen LogP contribution in [-0.2, 0) is 11.4 Å². The molecule has 0 bridgehead atoms. The Morgan fingerprint density at radius 1 is 1.17 bits per heavy atom. The van der Waals surface area contributed by atoms with Crippen LogP contribution in [0.4, 0.5) is 14.5 Å². The van der Waals surface area contributed by atoms with E-state index in [0.717, 1.165) is 30.0 Å². The van der Waals surface area contributed by atoms with E-state index >= 15 is 0 Å².